The summed E-state index contributed by atoms with van der Waals surface area (Å²) in [4.78, 5) is 35.3. The molecule has 2 N–H and O–H groups in total. The summed E-state index contributed by atoms with van der Waals surface area (Å²) in [7, 11) is 0. The molecule has 2 atom stereocenters. The van der Waals surface area contributed by atoms with E-state index < -0.39 is 28.9 Å². The summed E-state index contributed by atoms with van der Waals surface area (Å²) in [6, 6.07) is 3.28. The lowest BCUT2D eigenvalue weighted by atomic mass is 9.93. The molecule has 0 saturated carbocycles. The highest BCUT2D eigenvalue weighted by atomic mass is 32.2. The molecule has 9 heteroatoms. The summed E-state index contributed by atoms with van der Waals surface area (Å²) in [5.41, 5.74) is 0.203. The van der Waals surface area contributed by atoms with Crippen LogP contribution in [0.15, 0.2) is 23.1 Å². The van der Waals surface area contributed by atoms with E-state index >= 15 is 0 Å². The molecule has 0 aromatic heterocycles. The predicted octanol–water partition coefficient (Wildman–Crippen LogP) is 3.22. The highest BCUT2D eigenvalue weighted by Gasteiger charge is 2.43. The SMILES string of the molecule is CC(C)Sc1ccc([N+](=O)[O-])cc1[C@H]1[C@@H](C(=O)O)CCN1C(=O)O. The number of rotatable bonds is 5. The van der Waals surface area contributed by atoms with E-state index in [2.05, 4.69) is 0 Å². The first kappa shape index (κ1) is 18.1. The van der Waals surface area contributed by atoms with Crippen LogP contribution in [0.5, 0.6) is 0 Å². The minimum absolute atomic E-state index is 0.0887. The first-order valence-electron chi connectivity index (χ1n) is 7.39. The summed E-state index contributed by atoms with van der Waals surface area (Å²) >= 11 is 1.42. The molecule has 8 nitrogen and oxygen atoms in total. The highest BCUT2D eigenvalue weighted by molar-refractivity contribution is 8.00. The first-order chi connectivity index (χ1) is 11.2. The minimum atomic E-state index is -1.23. The molecule has 1 aliphatic heterocycles. The van der Waals surface area contributed by atoms with Gasteiger partial charge < -0.3 is 15.1 Å². The lowest BCUT2D eigenvalue weighted by Gasteiger charge is -2.26. The molecule has 0 radical (unpaired) electrons. The number of nitrogens with zero attached hydrogens (tertiary/aromatic N) is 2. The van der Waals surface area contributed by atoms with Gasteiger partial charge in [-0.15, -0.1) is 11.8 Å². The van der Waals surface area contributed by atoms with Crippen LogP contribution in [0, 0.1) is 16.0 Å². The molecule has 0 spiro atoms. The number of nitro groups is 1. The standard InChI is InChI=1S/C15H18N2O6S/c1-8(2)24-12-4-3-9(17(22)23)7-11(12)13-10(14(18)19)5-6-16(13)15(20)21/h3-4,7-8,10,13H,5-6H2,1-2H3,(H,18,19)(H,20,21)/t10-,13+/m0/s1. The molecule has 1 saturated heterocycles. The van der Waals surface area contributed by atoms with Crippen LogP contribution in [-0.4, -0.2) is 43.9 Å². The van der Waals surface area contributed by atoms with Gasteiger partial charge >= 0.3 is 12.1 Å². The molecular formula is C15H18N2O6S. The second-order valence-corrected chi connectivity index (χ2v) is 7.42. The maximum atomic E-state index is 11.5. The second-order valence-electron chi connectivity index (χ2n) is 5.80. The van der Waals surface area contributed by atoms with Gasteiger partial charge in [-0.25, -0.2) is 4.79 Å². The van der Waals surface area contributed by atoms with Crippen molar-refractivity contribution >= 4 is 29.5 Å². The third kappa shape index (κ3) is 3.61. The van der Waals surface area contributed by atoms with Crippen LogP contribution < -0.4 is 0 Å². The highest BCUT2D eigenvalue weighted by Crippen LogP contribution is 2.43. The molecule has 0 unspecified atom stereocenters. The van der Waals surface area contributed by atoms with Crippen LogP contribution in [0.2, 0.25) is 0 Å². The predicted molar refractivity (Wildman–Crippen MR) is 87.3 cm³/mol. The Kier molecular flexibility index (Phi) is 5.33. The van der Waals surface area contributed by atoms with Crippen LogP contribution >= 0.6 is 11.8 Å². The summed E-state index contributed by atoms with van der Waals surface area (Å²) in [5.74, 6) is -2.02. The van der Waals surface area contributed by atoms with E-state index in [1.807, 2.05) is 13.8 Å². The zero-order chi connectivity index (χ0) is 18.0. The smallest absolute Gasteiger partial charge is 0.407 e. The van der Waals surface area contributed by atoms with Gasteiger partial charge in [0.2, 0.25) is 0 Å². The van der Waals surface area contributed by atoms with Crippen molar-refractivity contribution in [3.8, 4) is 0 Å². The number of aliphatic carboxylic acids is 1. The van der Waals surface area contributed by atoms with E-state index in [1.165, 1.54) is 23.9 Å². The Labute approximate surface area is 142 Å². The molecule has 24 heavy (non-hydrogen) atoms. The molecule has 1 fully saturated rings. The number of non-ortho nitro benzene ring substituents is 1. The molecule has 0 bridgehead atoms. The van der Waals surface area contributed by atoms with Crippen LogP contribution in [0.25, 0.3) is 0 Å². The van der Waals surface area contributed by atoms with Crippen molar-refractivity contribution in [2.75, 3.05) is 6.54 Å². The number of hydrogen-bond donors (Lipinski definition) is 2. The van der Waals surface area contributed by atoms with Gasteiger partial charge in [-0.1, -0.05) is 13.8 Å². The molecule has 2 rings (SSSR count). The van der Waals surface area contributed by atoms with Crippen molar-refractivity contribution in [2.24, 2.45) is 5.92 Å². The molecule has 0 aliphatic carbocycles. The van der Waals surface area contributed by atoms with Gasteiger partial charge in [-0.2, -0.15) is 0 Å². The van der Waals surface area contributed by atoms with Gasteiger partial charge in [-0.3, -0.25) is 14.9 Å². The summed E-state index contributed by atoms with van der Waals surface area (Å²) in [5, 5.41) is 30.1. The zero-order valence-corrected chi connectivity index (χ0v) is 14.0. The van der Waals surface area contributed by atoms with Crippen LogP contribution in [0.1, 0.15) is 31.9 Å². The fourth-order valence-corrected chi connectivity index (χ4v) is 3.86. The van der Waals surface area contributed by atoms with E-state index in [-0.39, 0.29) is 23.9 Å². The number of likely N-dealkylation sites (tertiary alicyclic amines) is 1. The Morgan fingerprint density at radius 3 is 2.54 bits per heavy atom. The molecule has 1 amide bonds. The number of carboxylic acids is 1. The maximum absolute atomic E-state index is 11.5. The largest absolute Gasteiger partial charge is 0.481 e. The molecule has 1 aromatic carbocycles. The van der Waals surface area contributed by atoms with Crippen molar-refractivity contribution in [1.29, 1.82) is 0 Å². The number of hydrogen-bond acceptors (Lipinski definition) is 5. The average Bonchev–Trinajstić information content (AvgIpc) is 2.91. The van der Waals surface area contributed by atoms with E-state index in [4.69, 9.17) is 0 Å². The lowest BCUT2D eigenvalue weighted by Crippen LogP contribution is -2.32. The summed E-state index contributed by atoms with van der Waals surface area (Å²) in [6.07, 6.45) is -1.04. The molecule has 1 aromatic rings. The van der Waals surface area contributed by atoms with Crippen molar-refractivity contribution < 1.29 is 24.7 Å². The lowest BCUT2D eigenvalue weighted by molar-refractivity contribution is -0.385. The van der Waals surface area contributed by atoms with Gasteiger partial charge in [0, 0.05) is 28.8 Å². The van der Waals surface area contributed by atoms with Crippen molar-refractivity contribution in [2.45, 2.75) is 36.5 Å². The van der Waals surface area contributed by atoms with Crippen LogP contribution in [0.3, 0.4) is 0 Å². The first-order valence-corrected chi connectivity index (χ1v) is 8.27. The van der Waals surface area contributed by atoms with Gasteiger partial charge in [0.15, 0.2) is 0 Å². The zero-order valence-electron chi connectivity index (χ0n) is 13.2. The van der Waals surface area contributed by atoms with Crippen molar-refractivity contribution in [3.05, 3.63) is 33.9 Å². The van der Waals surface area contributed by atoms with Gasteiger partial charge in [0.25, 0.3) is 5.69 Å². The third-order valence-electron chi connectivity index (χ3n) is 3.85. The topological polar surface area (TPSA) is 121 Å². The number of carbonyl (C=O) groups is 2. The van der Waals surface area contributed by atoms with E-state index in [0.717, 1.165) is 4.90 Å². The Balaban J connectivity index is 2.59. The number of thioether (sulfide) groups is 1. The Morgan fingerprint density at radius 1 is 1.38 bits per heavy atom. The number of carboxylic acid groups (broad SMARTS) is 2. The Morgan fingerprint density at radius 2 is 2.04 bits per heavy atom. The van der Waals surface area contributed by atoms with E-state index in [0.29, 0.717) is 10.5 Å². The van der Waals surface area contributed by atoms with Gasteiger partial charge in [0.05, 0.1) is 16.9 Å². The van der Waals surface area contributed by atoms with Crippen molar-refractivity contribution in [1.82, 2.24) is 4.90 Å². The maximum Gasteiger partial charge on any atom is 0.407 e. The fraction of sp³-hybridized carbons (Fsp3) is 0.467. The number of benzene rings is 1. The van der Waals surface area contributed by atoms with Crippen molar-refractivity contribution in [3.63, 3.8) is 0 Å². The molecule has 1 aliphatic rings. The van der Waals surface area contributed by atoms with E-state index in [1.54, 1.807) is 6.07 Å². The van der Waals surface area contributed by atoms with Gasteiger partial charge in [-0.05, 0) is 18.1 Å². The normalized spacial score (nSPS) is 20.4. The van der Waals surface area contributed by atoms with Gasteiger partial charge in [0.1, 0.15) is 0 Å². The number of amides is 1. The molecule has 1 heterocycles. The Bertz CT molecular complexity index is 656. The fourth-order valence-electron chi connectivity index (χ4n) is 2.89. The Hall–Kier alpha value is -2.29. The monoisotopic (exact) mass is 354 g/mol. The minimum Gasteiger partial charge on any atom is -0.481 e. The van der Waals surface area contributed by atoms with E-state index in [9.17, 15) is 29.9 Å². The number of nitro benzene ring substituents is 1. The average molecular weight is 354 g/mol. The summed E-state index contributed by atoms with van der Waals surface area (Å²) < 4.78 is 0. The van der Waals surface area contributed by atoms with Crippen LogP contribution in [0.4, 0.5) is 10.5 Å². The molecular weight excluding hydrogens is 336 g/mol. The quantitative estimate of drug-likeness (QED) is 0.473. The third-order valence-corrected chi connectivity index (χ3v) is 4.94. The van der Waals surface area contributed by atoms with Crippen LogP contribution in [-0.2, 0) is 4.79 Å². The second kappa shape index (κ2) is 7.08. The summed E-state index contributed by atoms with van der Waals surface area (Å²) in [6.45, 7) is 3.97. The molecule has 130 valence electrons.